The number of alkyl halides is 6. The number of hydrogen-bond donors (Lipinski definition) is 0. The Bertz CT molecular complexity index is 433. The molecule has 0 radical (unpaired) electrons. The Kier molecular flexibility index (Phi) is 4.33. The van der Waals surface area contributed by atoms with Crippen LogP contribution in [-0.2, 0) is 0 Å². The van der Waals surface area contributed by atoms with Crippen LogP contribution in [0.5, 0.6) is 5.75 Å². The lowest BCUT2D eigenvalue weighted by molar-refractivity contribution is -0.283. The Morgan fingerprint density at radius 3 is 2.11 bits per heavy atom. The van der Waals surface area contributed by atoms with Crippen molar-refractivity contribution in [3.05, 3.63) is 28.8 Å². The first-order valence-corrected chi connectivity index (χ1v) is 5.34. The van der Waals surface area contributed by atoms with Crippen LogP contribution in [-0.4, -0.2) is 19.2 Å². The van der Waals surface area contributed by atoms with Crippen molar-refractivity contribution in [1.82, 2.24) is 0 Å². The molecular weight excluding hydrogens is 302 g/mol. The van der Waals surface area contributed by atoms with E-state index in [1.165, 1.54) is 13.2 Å². The van der Waals surface area contributed by atoms with Crippen LogP contribution in [0.25, 0.3) is 0 Å². The first-order valence-electron chi connectivity index (χ1n) is 4.53. The molecule has 18 heavy (non-hydrogen) atoms. The second-order valence-electron chi connectivity index (χ2n) is 3.38. The summed E-state index contributed by atoms with van der Waals surface area (Å²) in [6, 6.07) is 3.08. The van der Waals surface area contributed by atoms with Crippen LogP contribution < -0.4 is 4.74 Å². The smallest absolute Gasteiger partial charge is 0.455 e. The van der Waals surface area contributed by atoms with Crippen molar-refractivity contribution in [2.24, 2.45) is 0 Å². The molecule has 0 saturated carbocycles. The van der Waals surface area contributed by atoms with Gasteiger partial charge in [0.25, 0.3) is 0 Å². The third kappa shape index (κ3) is 2.80. The molecule has 0 aliphatic heterocycles. The van der Waals surface area contributed by atoms with Crippen molar-refractivity contribution in [1.29, 1.82) is 0 Å². The topological polar surface area (TPSA) is 9.23 Å². The van der Waals surface area contributed by atoms with Crippen molar-refractivity contribution in [2.45, 2.75) is 17.5 Å². The van der Waals surface area contributed by atoms with Gasteiger partial charge in [-0.15, -0.1) is 11.6 Å². The van der Waals surface area contributed by atoms with Crippen molar-refractivity contribution in [2.75, 3.05) is 7.11 Å². The molecule has 0 amide bonds. The lowest BCUT2D eigenvalue weighted by Crippen LogP contribution is -2.40. The van der Waals surface area contributed by atoms with Gasteiger partial charge in [0.1, 0.15) is 11.1 Å². The molecular formula is C10H7Cl2F5O. The summed E-state index contributed by atoms with van der Waals surface area (Å²) >= 11 is 10.8. The van der Waals surface area contributed by atoms with E-state index in [9.17, 15) is 22.0 Å². The average molecular weight is 309 g/mol. The van der Waals surface area contributed by atoms with Gasteiger partial charge in [-0.25, -0.2) is 0 Å². The highest BCUT2D eigenvalue weighted by molar-refractivity contribution is 6.32. The van der Waals surface area contributed by atoms with Crippen LogP contribution in [0.1, 0.15) is 10.9 Å². The molecule has 0 saturated heterocycles. The Balaban J connectivity index is 3.12. The molecule has 0 N–H and O–H groups in total. The maximum Gasteiger partial charge on any atom is 0.455 e. The van der Waals surface area contributed by atoms with E-state index in [4.69, 9.17) is 27.9 Å². The molecule has 0 aromatic heterocycles. The van der Waals surface area contributed by atoms with E-state index in [0.29, 0.717) is 0 Å². The zero-order valence-electron chi connectivity index (χ0n) is 8.86. The highest BCUT2D eigenvalue weighted by Gasteiger charge is 2.62. The summed E-state index contributed by atoms with van der Waals surface area (Å²) in [6.45, 7) is 0. The second-order valence-corrected chi connectivity index (χ2v) is 4.22. The molecule has 1 aromatic rings. The van der Waals surface area contributed by atoms with Gasteiger partial charge in [0.05, 0.1) is 12.1 Å². The average Bonchev–Trinajstić information content (AvgIpc) is 2.26. The molecule has 102 valence electrons. The molecule has 0 bridgehead atoms. The molecule has 1 nitrogen and oxygen atoms in total. The summed E-state index contributed by atoms with van der Waals surface area (Å²) in [5.74, 6) is -4.90. The van der Waals surface area contributed by atoms with Crippen LogP contribution in [0.3, 0.4) is 0 Å². The standard InChI is InChI=1S/C10H7Cl2F5O/c1-18-7-3-2-5(4-6(7)11)8(12)9(13,14)10(15,16)17/h2-4,8H,1H3. The molecule has 1 rings (SSSR count). The van der Waals surface area contributed by atoms with Crippen LogP contribution in [0.2, 0.25) is 5.02 Å². The van der Waals surface area contributed by atoms with Gasteiger partial charge in [-0.2, -0.15) is 22.0 Å². The summed E-state index contributed by atoms with van der Waals surface area (Å²) in [4.78, 5) is 0. The number of rotatable bonds is 3. The predicted molar refractivity (Wildman–Crippen MR) is 57.6 cm³/mol. The summed E-state index contributed by atoms with van der Waals surface area (Å²) in [5.41, 5.74) is -0.440. The SMILES string of the molecule is COc1ccc(C(Cl)C(F)(F)C(F)(F)F)cc1Cl. The van der Waals surface area contributed by atoms with Crippen LogP contribution in [0.4, 0.5) is 22.0 Å². The van der Waals surface area contributed by atoms with E-state index < -0.39 is 23.0 Å². The summed E-state index contributed by atoms with van der Waals surface area (Å²) in [6.07, 6.45) is -5.73. The minimum atomic E-state index is -5.73. The third-order valence-electron chi connectivity index (χ3n) is 2.16. The molecule has 1 aromatic carbocycles. The maximum absolute atomic E-state index is 13.0. The Hall–Kier alpha value is -0.750. The van der Waals surface area contributed by atoms with E-state index in [1.807, 2.05) is 0 Å². The predicted octanol–water partition coefficient (Wildman–Crippen LogP) is 4.83. The van der Waals surface area contributed by atoms with Crippen molar-refractivity contribution in [3.63, 3.8) is 0 Å². The lowest BCUT2D eigenvalue weighted by atomic mass is 10.1. The highest BCUT2D eigenvalue weighted by atomic mass is 35.5. The molecule has 8 heteroatoms. The second kappa shape index (κ2) is 5.09. The third-order valence-corrected chi connectivity index (χ3v) is 2.99. The quantitative estimate of drug-likeness (QED) is 0.574. The van der Waals surface area contributed by atoms with Gasteiger partial charge in [-0.3, -0.25) is 0 Å². The summed E-state index contributed by atoms with van der Waals surface area (Å²) < 4.78 is 67.1. The van der Waals surface area contributed by atoms with Gasteiger partial charge in [0, 0.05) is 0 Å². The molecule has 0 spiro atoms. The Labute approximate surface area is 109 Å². The number of benzene rings is 1. The first-order chi connectivity index (χ1) is 8.11. The van der Waals surface area contributed by atoms with Gasteiger partial charge in [0.15, 0.2) is 0 Å². The summed E-state index contributed by atoms with van der Waals surface area (Å²) in [7, 11) is 1.28. The van der Waals surface area contributed by atoms with E-state index in [1.54, 1.807) is 0 Å². The molecule has 0 heterocycles. The largest absolute Gasteiger partial charge is 0.495 e. The van der Waals surface area contributed by atoms with Gasteiger partial charge >= 0.3 is 12.1 Å². The van der Waals surface area contributed by atoms with E-state index in [-0.39, 0.29) is 10.8 Å². The van der Waals surface area contributed by atoms with E-state index in [2.05, 4.69) is 0 Å². The van der Waals surface area contributed by atoms with Crippen LogP contribution >= 0.6 is 23.2 Å². The fourth-order valence-electron chi connectivity index (χ4n) is 1.19. The monoisotopic (exact) mass is 308 g/mol. The van der Waals surface area contributed by atoms with Gasteiger partial charge < -0.3 is 4.74 Å². The van der Waals surface area contributed by atoms with Crippen molar-refractivity contribution >= 4 is 23.2 Å². The van der Waals surface area contributed by atoms with E-state index in [0.717, 1.165) is 12.1 Å². The number of ether oxygens (including phenoxy) is 1. The van der Waals surface area contributed by atoms with Gasteiger partial charge in [0.2, 0.25) is 0 Å². The first kappa shape index (κ1) is 15.3. The highest BCUT2D eigenvalue weighted by Crippen LogP contribution is 2.48. The van der Waals surface area contributed by atoms with Crippen LogP contribution in [0, 0.1) is 0 Å². The molecule has 0 aliphatic carbocycles. The van der Waals surface area contributed by atoms with Crippen molar-refractivity contribution in [3.8, 4) is 5.75 Å². The summed E-state index contributed by atoms with van der Waals surface area (Å²) in [5, 5.41) is -2.65. The minimum absolute atomic E-state index is 0.0985. The fourth-order valence-corrected chi connectivity index (χ4v) is 1.72. The minimum Gasteiger partial charge on any atom is -0.495 e. The van der Waals surface area contributed by atoms with E-state index >= 15 is 0 Å². The number of methoxy groups -OCH3 is 1. The van der Waals surface area contributed by atoms with Crippen LogP contribution in [0.15, 0.2) is 18.2 Å². The maximum atomic E-state index is 13.0. The van der Waals surface area contributed by atoms with Gasteiger partial charge in [-0.05, 0) is 17.7 Å². The molecule has 1 atom stereocenters. The molecule has 1 unspecified atom stereocenters. The number of hydrogen-bond acceptors (Lipinski definition) is 1. The molecule has 0 fully saturated rings. The normalized spacial score (nSPS) is 14.4. The fraction of sp³-hybridized carbons (Fsp3) is 0.400. The zero-order valence-corrected chi connectivity index (χ0v) is 10.4. The molecule has 0 aliphatic rings. The zero-order chi connectivity index (χ0) is 14.1. The van der Waals surface area contributed by atoms with Crippen molar-refractivity contribution < 1.29 is 26.7 Å². The number of halogens is 7. The Morgan fingerprint density at radius 2 is 1.72 bits per heavy atom. The Morgan fingerprint density at radius 1 is 1.17 bits per heavy atom. The van der Waals surface area contributed by atoms with Gasteiger partial charge in [-0.1, -0.05) is 17.7 Å². The lowest BCUT2D eigenvalue weighted by Gasteiger charge is -2.24.